The molecular weight excluding hydrogens is 270 g/mol. The van der Waals surface area contributed by atoms with Crippen molar-refractivity contribution in [3.8, 4) is 11.5 Å². The summed E-state index contributed by atoms with van der Waals surface area (Å²) < 4.78 is 11.7. The van der Waals surface area contributed by atoms with Gasteiger partial charge in [-0.05, 0) is 32.8 Å². The monoisotopic (exact) mass is 295 g/mol. The van der Waals surface area contributed by atoms with Crippen LogP contribution in [0.1, 0.15) is 53.4 Å². The van der Waals surface area contributed by atoms with Gasteiger partial charge in [-0.25, -0.2) is 0 Å². The first-order valence-corrected chi connectivity index (χ1v) is 7.59. The Labute approximate surface area is 126 Å². The second kappa shape index (κ2) is 8.49. The number of hydrogen-bond donors (Lipinski definition) is 0. The summed E-state index contributed by atoms with van der Waals surface area (Å²) in [6, 6.07) is 4.52. The van der Waals surface area contributed by atoms with Crippen molar-refractivity contribution in [2.45, 2.75) is 65.6 Å². The predicted octanol–water partition coefficient (Wildman–Crippen LogP) is 4.73. The zero-order chi connectivity index (χ0) is 15.8. The molecule has 1 rings (SSSR count). The van der Waals surface area contributed by atoms with Gasteiger partial charge in [-0.2, -0.15) is 0 Å². The van der Waals surface area contributed by atoms with Crippen LogP contribution in [0.25, 0.3) is 0 Å². The lowest BCUT2D eigenvalue weighted by Gasteiger charge is -2.20. The first kappa shape index (κ1) is 17.3. The number of nitro benzene ring substituents is 1. The molecule has 0 aliphatic carbocycles. The second-order valence-electron chi connectivity index (χ2n) is 5.32. The van der Waals surface area contributed by atoms with Crippen LogP contribution in [-0.4, -0.2) is 17.1 Å². The molecule has 5 nitrogen and oxygen atoms in total. The molecule has 5 heteroatoms. The standard InChI is InChI=1S/C16H25NO4/c1-5-7-12(3)20-15-10-9-14(17(18)19)11-16(15)21-13(4)8-6-2/h9-13H,5-8H2,1-4H3. The molecule has 0 spiro atoms. The number of hydrogen-bond acceptors (Lipinski definition) is 4. The van der Waals surface area contributed by atoms with Crippen LogP contribution in [0.5, 0.6) is 11.5 Å². The molecule has 1 aromatic carbocycles. The third kappa shape index (κ3) is 5.61. The third-order valence-electron chi connectivity index (χ3n) is 3.18. The van der Waals surface area contributed by atoms with E-state index in [1.807, 2.05) is 13.8 Å². The van der Waals surface area contributed by atoms with E-state index in [1.165, 1.54) is 12.1 Å². The number of nitrogens with zero attached hydrogens (tertiary/aromatic N) is 1. The lowest BCUT2D eigenvalue weighted by molar-refractivity contribution is -0.385. The molecule has 0 aliphatic rings. The molecule has 0 saturated heterocycles. The Bertz CT molecular complexity index is 462. The minimum absolute atomic E-state index is 0.000773. The average molecular weight is 295 g/mol. The van der Waals surface area contributed by atoms with Crippen LogP contribution in [0, 0.1) is 10.1 Å². The summed E-state index contributed by atoms with van der Waals surface area (Å²) in [5.74, 6) is 1.03. The number of nitro groups is 1. The maximum Gasteiger partial charge on any atom is 0.273 e. The zero-order valence-corrected chi connectivity index (χ0v) is 13.3. The van der Waals surface area contributed by atoms with Crippen LogP contribution >= 0.6 is 0 Å². The highest BCUT2D eigenvalue weighted by molar-refractivity contribution is 5.48. The molecule has 21 heavy (non-hydrogen) atoms. The first-order chi connectivity index (χ1) is 9.97. The zero-order valence-electron chi connectivity index (χ0n) is 13.3. The second-order valence-corrected chi connectivity index (χ2v) is 5.32. The Balaban J connectivity index is 2.96. The molecule has 0 bridgehead atoms. The van der Waals surface area contributed by atoms with Gasteiger partial charge in [-0.3, -0.25) is 10.1 Å². The van der Waals surface area contributed by atoms with Crippen molar-refractivity contribution in [3.05, 3.63) is 28.3 Å². The minimum Gasteiger partial charge on any atom is -0.487 e. The summed E-state index contributed by atoms with van der Waals surface area (Å²) in [7, 11) is 0. The van der Waals surface area contributed by atoms with E-state index in [9.17, 15) is 10.1 Å². The van der Waals surface area contributed by atoms with Gasteiger partial charge in [0.1, 0.15) is 0 Å². The van der Waals surface area contributed by atoms with Gasteiger partial charge in [0.15, 0.2) is 11.5 Å². The van der Waals surface area contributed by atoms with Gasteiger partial charge in [0, 0.05) is 6.07 Å². The molecule has 0 heterocycles. The van der Waals surface area contributed by atoms with Crippen molar-refractivity contribution in [2.75, 3.05) is 0 Å². The Morgan fingerprint density at radius 2 is 1.57 bits per heavy atom. The number of ether oxygens (including phenoxy) is 2. The molecule has 0 aliphatic heterocycles. The predicted molar refractivity (Wildman–Crippen MR) is 83.1 cm³/mol. The summed E-state index contributed by atoms with van der Waals surface area (Å²) in [6.07, 6.45) is 3.91. The minimum atomic E-state index is -0.420. The summed E-state index contributed by atoms with van der Waals surface area (Å²) in [5.41, 5.74) is 0.0178. The molecular formula is C16H25NO4. The molecule has 0 fully saturated rings. The van der Waals surface area contributed by atoms with Crippen LogP contribution in [-0.2, 0) is 0 Å². The molecule has 0 radical (unpaired) electrons. The van der Waals surface area contributed by atoms with E-state index in [4.69, 9.17) is 9.47 Å². The first-order valence-electron chi connectivity index (χ1n) is 7.59. The number of benzene rings is 1. The molecule has 0 saturated carbocycles. The fraction of sp³-hybridized carbons (Fsp3) is 0.625. The van der Waals surface area contributed by atoms with E-state index in [0.29, 0.717) is 11.5 Å². The molecule has 1 aromatic rings. The Hall–Kier alpha value is -1.78. The van der Waals surface area contributed by atoms with Crippen molar-refractivity contribution in [3.63, 3.8) is 0 Å². The molecule has 0 amide bonds. The Morgan fingerprint density at radius 1 is 1.05 bits per heavy atom. The van der Waals surface area contributed by atoms with Gasteiger partial charge in [-0.1, -0.05) is 26.7 Å². The molecule has 2 atom stereocenters. The maximum absolute atomic E-state index is 10.9. The van der Waals surface area contributed by atoms with Gasteiger partial charge >= 0.3 is 0 Å². The summed E-state index contributed by atoms with van der Waals surface area (Å²) in [6.45, 7) is 8.12. The van der Waals surface area contributed by atoms with E-state index >= 15 is 0 Å². The van der Waals surface area contributed by atoms with Crippen LogP contribution in [0.15, 0.2) is 18.2 Å². The average Bonchev–Trinajstić information content (AvgIpc) is 2.41. The van der Waals surface area contributed by atoms with Crippen LogP contribution in [0.3, 0.4) is 0 Å². The SMILES string of the molecule is CCCC(C)Oc1ccc([N+](=O)[O-])cc1OC(C)CCC. The van der Waals surface area contributed by atoms with Gasteiger partial charge in [0.2, 0.25) is 0 Å². The molecule has 0 aromatic heterocycles. The van der Waals surface area contributed by atoms with E-state index in [-0.39, 0.29) is 17.9 Å². The quantitative estimate of drug-likeness (QED) is 0.488. The van der Waals surface area contributed by atoms with E-state index < -0.39 is 4.92 Å². The summed E-state index contributed by atoms with van der Waals surface area (Å²) >= 11 is 0. The highest BCUT2D eigenvalue weighted by Crippen LogP contribution is 2.33. The van der Waals surface area contributed by atoms with Crippen molar-refractivity contribution < 1.29 is 14.4 Å². The molecule has 2 unspecified atom stereocenters. The summed E-state index contributed by atoms with van der Waals surface area (Å²) in [4.78, 5) is 10.5. The lowest BCUT2D eigenvalue weighted by atomic mass is 10.2. The number of rotatable bonds is 9. The van der Waals surface area contributed by atoms with Crippen LogP contribution < -0.4 is 9.47 Å². The summed E-state index contributed by atoms with van der Waals surface area (Å²) in [5, 5.41) is 10.9. The van der Waals surface area contributed by atoms with Gasteiger partial charge < -0.3 is 9.47 Å². The highest BCUT2D eigenvalue weighted by atomic mass is 16.6. The highest BCUT2D eigenvalue weighted by Gasteiger charge is 2.16. The largest absolute Gasteiger partial charge is 0.487 e. The smallest absolute Gasteiger partial charge is 0.273 e. The van der Waals surface area contributed by atoms with Gasteiger partial charge in [0.25, 0.3) is 5.69 Å². The van der Waals surface area contributed by atoms with Crippen molar-refractivity contribution in [2.24, 2.45) is 0 Å². The Morgan fingerprint density at radius 3 is 2.05 bits per heavy atom. The van der Waals surface area contributed by atoms with E-state index in [1.54, 1.807) is 6.07 Å². The van der Waals surface area contributed by atoms with Crippen molar-refractivity contribution in [1.82, 2.24) is 0 Å². The van der Waals surface area contributed by atoms with E-state index in [0.717, 1.165) is 25.7 Å². The van der Waals surface area contributed by atoms with Crippen molar-refractivity contribution in [1.29, 1.82) is 0 Å². The maximum atomic E-state index is 10.9. The van der Waals surface area contributed by atoms with Gasteiger partial charge in [0.05, 0.1) is 23.2 Å². The Kier molecular flexibility index (Phi) is 6.99. The normalized spacial score (nSPS) is 13.5. The third-order valence-corrected chi connectivity index (χ3v) is 3.18. The molecule has 0 N–H and O–H groups in total. The number of non-ortho nitro benzene ring substituents is 1. The topological polar surface area (TPSA) is 61.6 Å². The van der Waals surface area contributed by atoms with E-state index in [2.05, 4.69) is 13.8 Å². The van der Waals surface area contributed by atoms with Crippen LogP contribution in [0.4, 0.5) is 5.69 Å². The fourth-order valence-electron chi connectivity index (χ4n) is 2.16. The molecule has 118 valence electrons. The van der Waals surface area contributed by atoms with Crippen LogP contribution in [0.2, 0.25) is 0 Å². The van der Waals surface area contributed by atoms with Crippen molar-refractivity contribution >= 4 is 5.69 Å². The van der Waals surface area contributed by atoms with Gasteiger partial charge in [-0.15, -0.1) is 0 Å². The lowest BCUT2D eigenvalue weighted by Crippen LogP contribution is -2.15. The fourth-order valence-corrected chi connectivity index (χ4v) is 2.16.